The molecule has 6 aromatic carbocycles. The predicted octanol–water partition coefficient (Wildman–Crippen LogP) is 8.52. The molecular formula is C56H60O12. The zero-order valence-corrected chi connectivity index (χ0v) is 38.2. The Morgan fingerprint density at radius 2 is 0.676 bits per heavy atom. The summed E-state index contributed by atoms with van der Waals surface area (Å²) in [5.74, 6) is -0.481. The fraction of sp³-hybridized carbons (Fsp3) is 0.339. The van der Waals surface area contributed by atoms with Crippen LogP contribution in [0.2, 0.25) is 0 Å². The molecule has 12 nitrogen and oxygen atoms in total. The third-order valence-corrected chi connectivity index (χ3v) is 11.8. The normalized spacial score (nSPS) is 24.9. The topological polar surface area (TPSA) is 130 Å². The lowest BCUT2D eigenvalue weighted by molar-refractivity contribution is -0.348. The monoisotopic (exact) mass is 924 g/mol. The van der Waals surface area contributed by atoms with Crippen LogP contribution in [0.3, 0.4) is 0 Å². The molecule has 68 heavy (non-hydrogen) atoms. The van der Waals surface area contributed by atoms with Gasteiger partial charge in [0.1, 0.15) is 55.4 Å². The number of rotatable bonds is 23. The number of ether oxygens (including phenoxy) is 10. The van der Waals surface area contributed by atoms with E-state index in [0.717, 1.165) is 33.4 Å². The highest BCUT2D eigenvalue weighted by atomic mass is 16.7. The predicted molar refractivity (Wildman–Crippen MR) is 252 cm³/mol. The van der Waals surface area contributed by atoms with Gasteiger partial charge in [-0.25, -0.2) is 0 Å². The number of carbonyl (C=O) groups excluding carboxylic acids is 1. The zero-order chi connectivity index (χ0) is 46.8. The Hall–Kier alpha value is -5.61. The van der Waals surface area contributed by atoms with Gasteiger partial charge in [0.15, 0.2) is 12.6 Å². The van der Waals surface area contributed by atoms with Gasteiger partial charge in [0.25, 0.3) is 0 Å². The summed E-state index contributed by atoms with van der Waals surface area (Å²) in [6.07, 6.45) is -9.40. The smallest absolute Gasteiger partial charge is 0.302 e. The average Bonchev–Trinajstić information content (AvgIpc) is 3.38. The number of esters is 1. The minimum atomic E-state index is -1.43. The van der Waals surface area contributed by atoms with Crippen LogP contribution < -0.4 is 0 Å². The van der Waals surface area contributed by atoms with Crippen molar-refractivity contribution in [3.8, 4) is 0 Å². The van der Waals surface area contributed by atoms with Crippen LogP contribution in [0.4, 0.5) is 0 Å². The van der Waals surface area contributed by atoms with Gasteiger partial charge in [-0.3, -0.25) is 4.79 Å². The summed E-state index contributed by atoms with van der Waals surface area (Å²) in [6.45, 7) is 2.30. The molecule has 12 heteroatoms. The van der Waals surface area contributed by atoms with Crippen molar-refractivity contribution < 1.29 is 57.3 Å². The Morgan fingerprint density at radius 1 is 0.382 bits per heavy atom. The molecule has 0 amide bonds. The fourth-order valence-electron chi connectivity index (χ4n) is 8.30. The van der Waals surface area contributed by atoms with Crippen molar-refractivity contribution in [2.45, 2.75) is 108 Å². The number of hydrogen-bond acceptors (Lipinski definition) is 12. The standard InChI is InChI=1S/C56H60O12/c1-40(57)59-38-48-50(61-33-42-22-10-3-11-23-42)52(63-35-44-26-14-5-15-27-44)54(65-37-46-30-18-7-19-31-46)56(68-48)66-39-47-49(60-32-41-20-8-2-9-21-41)51(62-34-43-24-12-4-13-25-43)53(55(58)67-47)64-36-45-28-16-6-17-29-45/h2-31,47-56,58H,32-39H2,1H3/t47-,48-,49-,50-,51+,52+,53+,54+,55?,56+/m1/s1. The molecule has 2 saturated heterocycles. The highest BCUT2D eigenvalue weighted by Gasteiger charge is 2.52. The van der Waals surface area contributed by atoms with Gasteiger partial charge in [-0.1, -0.05) is 182 Å². The molecule has 0 aliphatic carbocycles. The number of aliphatic hydroxyl groups is 1. The summed E-state index contributed by atoms with van der Waals surface area (Å²) in [4.78, 5) is 12.4. The molecule has 2 fully saturated rings. The highest BCUT2D eigenvalue weighted by molar-refractivity contribution is 5.65. The second-order valence-electron chi connectivity index (χ2n) is 16.8. The molecule has 0 spiro atoms. The first-order valence-electron chi connectivity index (χ1n) is 23.1. The van der Waals surface area contributed by atoms with Crippen molar-refractivity contribution in [3.05, 3.63) is 215 Å². The van der Waals surface area contributed by atoms with E-state index < -0.39 is 67.4 Å². The number of benzene rings is 6. The van der Waals surface area contributed by atoms with Gasteiger partial charge < -0.3 is 52.5 Å². The molecule has 0 radical (unpaired) electrons. The summed E-state index contributed by atoms with van der Waals surface area (Å²) in [7, 11) is 0. The van der Waals surface area contributed by atoms with E-state index >= 15 is 0 Å². The molecule has 1 unspecified atom stereocenters. The molecule has 1 N–H and O–H groups in total. The first-order valence-corrected chi connectivity index (χ1v) is 23.1. The van der Waals surface area contributed by atoms with Crippen LogP contribution in [0.1, 0.15) is 40.3 Å². The van der Waals surface area contributed by atoms with E-state index in [1.807, 2.05) is 182 Å². The van der Waals surface area contributed by atoms with E-state index in [4.69, 9.17) is 47.4 Å². The highest BCUT2D eigenvalue weighted by Crippen LogP contribution is 2.34. The lowest BCUT2D eigenvalue weighted by Gasteiger charge is -2.47. The van der Waals surface area contributed by atoms with Crippen LogP contribution in [0, 0.1) is 0 Å². The van der Waals surface area contributed by atoms with Crippen molar-refractivity contribution >= 4 is 5.97 Å². The van der Waals surface area contributed by atoms with E-state index in [0.29, 0.717) is 0 Å². The molecule has 0 saturated carbocycles. The molecule has 10 atom stereocenters. The van der Waals surface area contributed by atoms with Crippen LogP contribution >= 0.6 is 0 Å². The van der Waals surface area contributed by atoms with Gasteiger partial charge in [0.2, 0.25) is 0 Å². The van der Waals surface area contributed by atoms with Crippen LogP contribution in [0.15, 0.2) is 182 Å². The molecule has 356 valence electrons. The van der Waals surface area contributed by atoms with Gasteiger partial charge in [-0.15, -0.1) is 0 Å². The van der Waals surface area contributed by atoms with Crippen molar-refractivity contribution in [3.63, 3.8) is 0 Å². The zero-order valence-electron chi connectivity index (χ0n) is 38.2. The molecule has 0 bridgehead atoms. The maximum atomic E-state index is 12.4. The van der Waals surface area contributed by atoms with Crippen molar-refractivity contribution in [2.75, 3.05) is 13.2 Å². The van der Waals surface area contributed by atoms with E-state index in [-0.39, 0.29) is 52.9 Å². The number of carbonyl (C=O) groups is 1. The summed E-state index contributed by atoms with van der Waals surface area (Å²) in [5, 5.41) is 11.9. The SMILES string of the molecule is CC(=O)OC[C@H]1O[C@H](OC[C@H]2OC(O)[C@@H](OCc3ccccc3)[C@@H](OCc3ccccc3)[C@@H]2OCc2ccccc2)[C@@H](OCc2ccccc2)[C@@H](OCc2ccccc2)[C@@H]1OCc1ccccc1. The van der Waals surface area contributed by atoms with E-state index in [1.165, 1.54) is 6.92 Å². The second kappa shape index (κ2) is 25.7. The molecule has 2 heterocycles. The Balaban J connectivity index is 1.11. The largest absolute Gasteiger partial charge is 0.463 e. The van der Waals surface area contributed by atoms with Crippen LogP contribution in [0.25, 0.3) is 0 Å². The molecular weight excluding hydrogens is 865 g/mol. The minimum absolute atomic E-state index is 0.149. The summed E-state index contributed by atoms with van der Waals surface area (Å²) < 4.78 is 66.0. The quantitative estimate of drug-likeness (QED) is 0.0619. The minimum Gasteiger partial charge on any atom is -0.463 e. The fourth-order valence-corrected chi connectivity index (χ4v) is 8.30. The summed E-state index contributed by atoms with van der Waals surface area (Å²) >= 11 is 0. The first-order chi connectivity index (χ1) is 33.5. The lowest BCUT2D eigenvalue weighted by Crippen LogP contribution is -2.63. The third-order valence-electron chi connectivity index (χ3n) is 11.8. The lowest BCUT2D eigenvalue weighted by atomic mass is 9.97. The number of hydrogen-bond donors (Lipinski definition) is 1. The van der Waals surface area contributed by atoms with Crippen LogP contribution in [-0.4, -0.2) is 85.7 Å². The summed E-state index contributed by atoms with van der Waals surface area (Å²) in [5.41, 5.74) is 5.58. The van der Waals surface area contributed by atoms with Crippen LogP contribution in [-0.2, 0) is 91.8 Å². The maximum absolute atomic E-state index is 12.4. The Bertz CT molecular complexity index is 2330. The van der Waals surface area contributed by atoms with E-state index in [2.05, 4.69) is 0 Å². The molecule has 2 aliphatic rings. The van der Waals surface area contributed by atoms with Gasteiger partial charge >= 0.3 is 5.97 Å². The Labute approximate surface area is 398 Å². The second-order valence-corrected chi connectivity index (χ2v) is 16.8. The summed E-state index contributed by atoms with van der Waals surface area (Å²) in [6, 6.07) is 58.7. The van der Waals surface area contributed by atoms with Crippen LogP contribution in [0.5, 0.6) is 0 Å². The third kappa shape index (κ3) is 14.2. The molecule has 8 rings (SSSR count). The molecule has 0 aromatic heterocycles. The molecule has 6 aromatic rings. The van der Waals surface area contributed by atoms with E-state index in [9.17, 15) is 9.90 Å². The first kappa shape index (κ1) is 48.8. The van der Waals surface area contributed by atoms with Gasteiger partial charge in [0, 0.05) is 6.92 Å². The van der Waals surface area contributed by atoms with Crippen molar-refractivity contribution in [1.29, 1.82) is 0 Å². The maximum Gasteiger partial charge on any atom is 0.302 e. The van der Waals surface area contributed by atoms with Gasteiger partial charge in [-0.05, 0) is 33.4 Å². The molecule has 2 aliphatic heterocycles. The Morgan fingerprint density at radius 3 is 1.03 bits per heavy atom. The van der Waals surface area contributed by atoms with Crippen molar-refractivity contribution in [2.24, 2.45) is 0 Å². The average molecular weight is 925 g/mol. The number of aliphatic hydroxyl groups excluding tert-OH is 1. The van der Waals surface area contributed by atoms with Gasteiger partial charge in [-0.2, -0.15) is 0 Å². The Kier molecular flexibility index (Phi) is 18.4. The van der Waals surface area contributed by atoms with E-state index in [1.54, 1.807) is 0 Å². The van der Waals surface area contributed by atoms with Gasteiger partial charge in [0.05, 0.1) is 46.2 Å². The van der Waals surface area contributed by atoms with Crippen molar-refractivity contribution in [1.82, 2.24) is 0 Å².